The van der Waals surface area contributed by atoms with Gasteiger partial charge < -0.3 is 10.4 Å². The normalized spacial score (nSPS) is 15.3. The van der Waals surface area contributed by atoms with Crippen LogP contribution in [0.5, 0.6) is 0 Å². The van der Waals surface area contributed by atoms with Crippen molar-refractivity contribution in [3.8, 4) is 0 Å². The maximum Gasteiger partial charge on any atom is 0.0445 e. The third kappa shape index (κ3) is 3.89. The van der Waals surface area contributed by atoms with Gasteiger partial charge in [-0.3, -0.25) is 0 Å². The first kappa shape index (κ1) is 13.7. The molecule has 92 valence electrons. The molecule has 1 heterocycles. The van der Waals surface area contributed by atoms with Crippen LogP contribution in [0.4, 0.5) is 0 Å². The van der Waals surface area contributed by atoms with Crippen molar-refractivity contribution < 1.29 is 5.11 Å². The van der Waals surface area contributed by atoms with Gasteiger partial charge in [-0.25, -0.2) is 0 Å². The summed E-state index contributed by atoms with van der Waals surface area (Å²) in [7, 11) is 0. The molecule has 2 nitrogen and oxygen atoms in total. The van der Waals surface area contributed by atoms with Crippen LogP contribution in [0.2, 0.25) is 0 Å². The van der Waals surface area contributed by atoms with Crippen molar-refractivity contribution in [3.05, 3.63) is 22.4 Å². The fourth-order valence-corrected chi connectivity index (χ4v) is 2.77. The fraction of sp³-hybridized carbons (Fsp3) is 0.692. The largest absolute Gasteiger partial charge is 0.396 e. The van der Waals surface area contributed by atoms with Crippen LogP contribution in [0.25, 0.3) is 0 Å². The van der Waals surface area contributed by atoms with E-state index in [1.54, 1.807) is 11.3 Å². The summed E-state index contributed by atoms with van der Waals surface area (Å²) in [4.78, 5) is 1.39. The molecular formula is C13H23NOS. The van der Waals surface area contributed by atoms with E-state index in [2.05, 4.69) is 43.6 Å². The number of hydrogen-bond acceptors (Lipinski definition) is 3. The van der Waals surface area contributed by atoms with Crippen molar-refractivity contribution in [3.63, 3.8) is 0 Å². The Bertz CT molecular complexity index is 271. The van der Waals surface area contributed by atoms with Gasteiger partial charge in [0.25, 0.3) is 0 Å². The zero-order valence-corrected chi connectivity index (χ0v) is 11.3. The zero-order valence-electron chi connectivity index (χ0n) is 10.4. The van der Waals surface area contributed by atoms with Gasteiger partial charge in [0, 0.05) is 23.6 Å². The predicted octanol–water partition coefficient (Wildman–Crippen LogP) is 3.20. The highest BCUT2D eigenvalue weighted by molar-refractivity contribution is 7.10. The molecule has 0 bridgehead atoms. The van der Waals surface area contributed by atoms with E-state index in [4.69, 9.17) is 5.11 Å². The van der Waals surface area contributed by atoms with Gasteiger partial charge >= 0.3 is 0 Å². The fourth-order valence-electron chi connectivity index (χ4n) is 1.90. The Hall–Kier alpha value is -0.380. The lowest BCUT2D eigenvalue weighted by atomic mass is 9.99. The number of nitrogens with one attached hydrogen (secondary N) is 1. The maximum atomic E-state index is 9.06. The van der Waals surface area contributed by atoms with Crippen molar-refractivity contribution >= 4 is 11.3 Å². The molecule has 2 unspecified atom stereocenters. The van der Waals surface area contributed by atoms with Crippen LogP contribution >= 0.6 is 11.3 Å². The maximum absolute atomic E-state index is 9.06. The highest BCUT2D eigenvalue weighted by Gasteiger charge is 2.18. The van der Waals surface area contributed by atoms with E-state index in [0.717, 1.165) is 12.8 Å². The first-order valence-electron chi connectivity index (χ1n) is 6.09. The SMILES string of the molecule is CCC(NC(CCO)C(C)C)c1cccs1. The summed E-state index contributed by atoms with van der Waals surface area (Å²) in [6.07, 6.45) is 1.93. The van der Waals surface area contributed by atoms with Crippen LogP contribution < -0.4 is 5.32 Å². The summed E-state index contributed by atoms with van der Waals surface area (Å²) >= 11 is 1.80. The average Bonchev–Trinajstić information content (AvgIpc) is 2.77. The lowest BCUT2D eigenvalue weighted by Crippen LogP contribution is -2.37. The Morgan fingerprint density at radius 1 is 1.44 bits per heavy atom. The summed E-state index contributed by atoms with van der Waals surface area (Å²) in [6.45, 7) is 6.87. The van der Waals surface area contributed by atoms with Gasteiger partial charge in [0.1, 0.15) is 0 Å². The molecule has 0 aromatic carbocycles. The average molecular weight is 241 g/mol. The summed E-state index contributed by atoms with van der Waals surface area (Å²) < 4.78 is 0. The quantitative estimate of drug-likeness (QED) is 0.768. The lowest BCUT2D eigenvalue weighted by molar-refractivity contribution is 0.234. The third-order valence-corrected chi connectivity index (χ3v) is 3.94. The van der Waals surface area contributed by atoms with E-state index in [1.165, 1.54) is 4.88 Å². The molecule has 0 aliphatic carbocycles. The minimum Gasteiger partial charge on any atom is -0.396 e. The van der Waals surface area contributed by atoms with Crippen molar-refractivity contribution in [2.75, 3.05) is 6.61 Å². The molecule has 0 saturated carbocycles. The number of rotatable bonds is 7. The zero-order chi connectivity index (χ0) is 12.0. The molecule has 0 spiro atoms. The van der Waals surface area contributed by atoms with Crippen LogP contribution in [-0.2, 0) is 0 Å². The van der Waals surface area contributed by atoms with Crippen molar-refractivity contribution in [2.24, 2.45) is 5.92 Å². The van der Waals surface area contributed by atoms with Gasteiger partial charge in [-0.1, -0.05) is 26.8 Å². The van der Waals surface area contributed by atoms with Crippen molar-refractivity contribution in [1.29, 1.82) is 0 Å². The molecule has 16 heavy (non-hydrogen) atoms. The second-order valence-corrected chi connectivity index (χ2v) is 5.48. The molecule has 2 atom stereocenters. The van der Waals surface area contributed by atoms with E-state index in [0.29, 0.717) is 18.0 Å². The van der Waals surface area contributed by atoms with Crippen LogP contribution in [0.15, 0.2) is 17.5 Å². The van der Waals surface area contributed by atoms with Crippen molar-refractivity contribution in [2.45, 2.75) is 45.7 Å². The Morgan fingerprint density at radius 2 is 2.19 bits per heavy atom. The monoisotopic (exact) mass is 241 g/mol. The van der Waals surface area contributed by atoms with Gasteiger partial charge in [-0.15, -0.1) is 11.3 Å². The molecule has 0 radical (unpaired) electrons. The molecular weight excluding hydrogens is 218 g/mol. The van der Waals surface area contributed by atoms with Crippen LogP contribution in [0, 0.1) is 5.92 Å². The molecule has 3 heteroatoms. The van der Waals surface area contributed by atoms with Gasteiger partial charge in [0.05, 0.1) is 0 Å². The minimum absolute atomic E-state index is 0.261. The van der Waals surface area contributed by atoms with Crippen LogP contribution in [0.1, 0.15) is 44.5 Å². The van der Waals surface area contributed by atoms with E-state index < -0.39 is 0 Å². The van der Waals surface area contributed by atoms with E-state index in [-0.39, 0.29) is 6.61 Å². The Kier molecular flexibility index (Phi) is 6.03. The van der Waals surface area contributed by atoms with E-state index in [1.807, 2.05) is 0 Å². The molecule has 0 aliphatic heterocycles. The van der Waals surface area contributed by atoms with E-state index >= 15 is 0 Å². The smallest absolute Gasteiger partial charge is 0.0445 e. The lowest BCUT2D eigenvalue weighted by Gasteiger charge is -2.27. The van der Waals surface area contributed by atoms with Gasteiger partial charge in [0.2, 0.25) is 0 Å². The van der Waals surface area contributed by atoms with Gasteiger partial charge in [-0.2, -0.15) is 0 Å². The number of aliphatic hydroxyl groups is 1. The standard InChI is InChI=1S/C13H23NOS/c1-4-11(13-6-5-9-16-13)14-12(7-8-15)10(2)3/h5-6,9-12,14-15H,4,7-8H2,1-3H3. The number of thiophene rings is 1. The first-order chi connectivity index (χ1) is 7.69. The molecule has 0 aliphatic rings. The molecule has 1 aromatic heterocycles. The Balaban J connectivity index is 2.60. The third-order valence-electron chi connectivity index (χ3n) is 2.95. The summed E-state index contributed by atoms with van der Waals surface area (Å²) in [5.74, 6) is 0.557. The molecule has 0 fully saturated rings. The summed E-state index contributed by atoms with van der Waals surface area (Å²) in [5.41, 5.74) is 0. The molecule has 0 amide bonds. The Labute approximate surface area is 103 Å². The van der Waals surface area contributed by atoms with Gasteiger partial charge in [-0.05, 0) is 30.2 Å². The highest BCUT2D eigenvalue weighted by Crippen LogP contribution is 2.23. The predicted molar refractivity (Wildman–Crippen MR) is 70.8 cm³/mol. The molecule has 0 saturated heterocycles. The highest BCUT2D eigenvalue weighted by atomic mass is 32.1. The Morgan fingerprint density at radius 3 is 2.62 bits per heavy atom. The van der Waals surface area contributed by atoms with E-state index in [9.17, 15) is 0 Å². The molecule has 1 aromatic rings. The molecule has 2 N–H and O–H groups in total. The minimum atomic E-state index is 0.261. The summed E-state index contributed by atoms with van der Waals surface area (Å²) in [6, 6.07) is 5.11. The summed E-state index contributed by atoms with van der Waals surface area (Å²) in [5, 5.41) is 14.8. The van der Waals surface area contributed by atoms with Gasteiger partial charge in [0.15, 0.2) is 0 Å². The second-order valence-electron chi connectivity index (χ2n) is 4.51. The topological polar surface area (TPSA) is 32.3 Å². The van der Waals surface area contributed by atoms with Crippen molar-refractivity contribution in [1.82, 2.24) is 5.32 Å². The second kappa shape index (κ2) is 7.05. The molecule has 1 rings (SSSR count). The van der Waals surface area contributed by atoms with Crippen LogP contribution in [-0.4, -0.2) is 17.8 Å². The number of hydrogen-bond donors (Lipinski definition) is 2. The number of aliphatic hydroxyl groups excluding tert-OH is 1. The van der Waals surface area contributed by atoms with Crippen LogP contribution in [0.3, 0.4) is 0 Å². The first-order valence-corrected chi connectivity index (χ1v) is 6.97.